The molecule has 34 heavy (non-hydrogen) atoms. The number of likely N-dealkylation sites (tertiary alicyclic amines) is 1. The molecule has 3 heterocycles. The Kier molecular flexibility index (Phi) is 4.51. The third-order valence-electron chi connectivity index (χ3n) is 9.69. The Morgan fingerprint density at radius 2 is 2.00 bits per heavy atom. The van der Waals surface area contributed by atoms with E-state index in [0.29, 0.717) is 12.6 Å². The molecule has 1 unspecified atom stereocenters. The van der Waals surface area contributed by atoms with E-state index in [4.69, 9.17) is 9.47 Å². The Labute approximate surface area is 201 Å². The minimum Gasteiger partial charge on any atom is -0.497 e. The van der Waals surface area contributed by atoms with Crippen LogP contribution in [0.1, 0.15) is 60.0 Å². The van der Waals surface area contributed by atoms with Gasteiger partial charge in [-0.2, -0.15) is 0 Å². The van der Waals surface area contributed by atoms with Crippen molar-refractivity contribution in [3.63, 3.8) is 0 Å². The maximum atomic E-state index is 13.3. The van der Waals surface area contributed by atoms with Crippen molar-refractivity contribution in [1.82, 2.24) is 10.2 Å². The maximum absolute atomic E-state index is 13.3. The minimum atomic E-state index is -0.324. The Hall–Kier alpha value is -2.37. The smallest absolute Gasteiger partial charge is 0.251 e. The molecule has 1 N–H and O–H groups in total. The topological polar surface area (TPSA) is 50.8 Å². The van der Waals surface area contributed by atoms with Crippen LogP contribution in [0.5, 0.6) is 5.75 Å². The van der Waals surface area contributed by atoms with E-state index in [0.717, 1.165) is 55.9 Å². The predicted molar refractivity (Wildman–Crippen MR) is 130 cm³/mol. The van der Waals surface area contributed by atoms with Gasteiger partial charge in [0.1, 0.15) is 5.75 Å². The van der Waals surface area contributed by atoms with Gasteiger partial charge in [-0.15, -0.1) is 0 Å². The first-order chi connectivity index (χ1) is 16.6. The molecular formula is C29H34N2O3. The number of fused-ring (bicyclic) bond motifs is 3. The highest BCUT2D eigenvalue weighted by Gasteiger charge is 2.71. The summed E-state index contributed by atoms with van der Waals surface area (Å²) in [5.41, 5.74) is 3.00. The quantitative estimate of drug-likeness (QED) is 0.733. The van der Waals surface area contributed by atoms with Gasteiger partial charge in [0.05, 0.1) is 24.9 Å². The van der Waals surface area contributed by atoms with Crippen LogP contribution in [0.3, 0.4) is 0 Å². The molecule has 1 amide bonds. The number of benzene rings is 2. The molecule has 2 saturated carbocycles. The summed E-state index contributed by atoms with van der Waals surface area (Å²) in [5.74, 6) is 1.81. The number of carbonyl (C=O) groups excluding carboxylic acids is 1. The summed E-state index contributed by atoms with van der Waals surface area (Å²) < 4.78 is 12.7. The van der Waals surface area contributed by atoms with E-state index < -0.39 is 0 Å². The normalized spacial score (nSPS) is 35.9. The van der Waals surface area contributed by atoms with E-state index >= 15 is 0 Å². The highest BCUT2D eigenvalue weighted by molar-refractivity contribution is 5.94. The fourth-order valence-electron chi connectivity index (χ4n) is 7.91. The van der Waals surface area contributed by atoms with Crippen LogP contribution in [0.15, 0.2) is 48.5 Å². The standard InChI is InChI=1S/C29H34N2O3/c1-33-23-10-9-22-15-25-29-12-11-27(19-34-29,30-26(32)21-5-3-2-4-6-21)18-28(29,24(22)16-23)13-14-31(25)17-20-7-8-20/h2-6,9-10,16,20,25H,7-8,11-15,17-19H2,1H3,(H,30,32)/t25-,27?,28-,29-/m1/s1. The summed E-state index contributed by atoms with van der Waals surface area (Å²) in [6.45, 7) is 2.94. The van der Waals surface area contributed by atoms with E-state index in [-0.39, 0.29) is 22.5 Å². The maximum Gasteiger partial charge on any atom is 0.251 e. The number of piperidine rings is 1. The summed E-state index contributed by atoms with van der Waals surface area (Å²) in [6.07, 6.45) is 7.84. The summed E-state index contributed by atoms with van der Waals surface area (Å²) in [4.78, 5) is 16.0. The SMILES string of the molecule is COc1ccc2c(c1)[C@]13CCN(CC4CC4)[C@H](C2)[C@]12CCC(NC(=O)c1ccccc1)(CO2)C3. The van der Waals surface area contributed by atoms with Gasteiger partial charge in [-0.25, -0.2) is 0 Å². The van der Waals surface area contributed by atoms with E-state index in [1.807, 2.05) is 30.3 Å². The van der Waals surface area contributed by atoms with Crippen molar-refractivity contribution in [1.29, 1.82) is 0 Å². The fraction of sp³-hybridized carbons (Fsp3) is 0.552. The highest BCUT2D eigenvalue weighted by Crippen LogP contribution is 2.65. The molecule has 3 aliphatic heterocycles. The Morgan fingerprint density at radius 3 is 2.74 bits per heavy atom. The van der Waals surface area contributed by atoms with Crippen molar-refractivity contribution in [2.75, 3.05) is 26.8 Å². The van der Waals surface area contributed by atoms with Crippen molar-refractivity contribution in [3.05, 3.63) is 65.2 Å². The molecule has 0 radical (unpaired) electrons. The molecule has 2 aromatic carbocycles. The number of hydrogen-bond donors (Lipinski definition) is 1. The molecule has 2 aromatic rings. The monoisotopic (exact) mass is 458 g/mol. The van der Waals surface area contributed by atoms with Crippen LogP contribution in [-0.2, 0) is 16.6 Å². The summed E-state index contributed by atoms with van der Waals surface area (Å²) in [5, 5.41) is 3.47. The second-order valence-electron chi connectivity index (χ2n) is 11.5. The number of methoxy groups -OCH3 is 1. The van der Waals surface area contributed by atoms with Crippen LogP contribution < -0.4 is 10.1 Å². The third kappa shape index (κ3) is 2.89. The average molecular weight is 459 g/mol. The zero-order chi connectivity index (χ0) is 23.0. The predicted octanol–water partition coefficient (Wildman–Crippen LogP) is 4.10. The van der Waals surface area contributed by atoms with E-state index in [1.165, 1.54) is 30.5 Å². The Balaban J connectivity index is 1.30. The summed E-state index contributed by atoms with van der Waals surface area (Å²) >= 11 is 0. The molecule has 8 rings (SSSR count). The van der Waals surface area contributed by atoms with Gasteiger partial charge < -0.3 is 14.8 Å². The lowest BCUT2D eigenvalue weighted by Crippen LogP contribution is -2.81. The first-order valence-corrected chi connectivity index (χ1v) is 13.0. The molecule has 3 aliphatic carbocycles. The van der Waals surface area contributed by atoms with Crippen LogP contribution in [0.25, 0.3) is 0 Å². The number of nitrogens with one attached hydrogen (secondary N) is 1. The van der Waals surface area contributed by atoms with Crippen molar-refractivity contribution in [3.8, 4) is 5.75 Å². The van der Waals surface area contributed by atoms with Crippen LogP contribution in [0, 0.1) is 5.92 Å². The average Bonchev–Trinajstić information content (AvgIpc) is 3.70. The van der Waals surface area contributed by atoms with Gasteiger partial charge in [-0.1, -0.05) is 24.3 Å². The fourth-order valence-corrected chi connectivity index (χ4v) is 7.91. The minimum absolute atomic E-state index is 0.0133. The van der Waals surface area contributed by atoms with Gasteiger partial charge in [-0.05, 0) is 92.8 Å². The number of ether oxygens (including phenoxy) is 2. The molecule has 178 valence electrons. The van der Waals surface area contributed by atoms with Crippen molar-refractivity contribution < 1.29 is 14.3 Å². The van der Waals surface area contributed by atoms with E-state index in [2.05, 4.69) is 28.4 Å². The second kappa shape index (κ2) is 7.32. The number of carbonyl (C=O) groups is 1. The first-order valence-electron chi connectivity index (χ1n) is 13.0. The van der Waals surface area contributed by atoms with E-state index in [9.17, 15) is 4.79 Å². The van der Waals surface area contributed by atoms with E-state index in [1.54, 1.807) is 7.11 Å². The Bertz CT molecular complexity index is 1120. The summed E-state index contributed by atoms with van der Waals surface area (Å²) in [7, 11) is 1.75. The zero-order valence-electron chi connectivity index (χ0n) is 20.0. The first kappa shape index (κ1) is 21.0. The number of nitrogens with zero attached hydrogens (tertiary/aromatic N) is 1. The molecular weight excluding hydrogens is 424 g/mol. The summed E-state index contributed by atoms with van der Waals surface area (Å²) in [6, 6.07) is 16.7. The zero-order valence-corrected chi connectivity index (χ0v) is 20.0. The molecule has 5 nitrogen and oxygen atoms in total. The number of amides is 1. The van der Waals surface area contributed by atoms with Crippen molar-refractivity contribution in [2.45, 2.75) is 67.5 Å². The van der Waals surface area contributed by atoms with Gasteiger partial charge in [0.25, 0.3) is 5.91 Å². The molecule has 1 spiro atoms. The lowest BCUT2D eigenvalue weighted by Gasteiger charge is -2.71. The van der Waals surface area contributed by atoms with Crippen LogP contribution >= 0.6 is 0 Å². The third-order valence-corrected chi connectivity index (χ3v) is 9.69. The lowest BCUT2D eigenvalue weighted by molar-refractivity contribution is -0.261. The Morgan fingerprint density at radius 1 is 1.15 bits per heavy atom. The van der Waals surface area contributed by atoms with Crippen molar-refractivity contribution >= 4 is 5.91 Å². The van der Waals surface area contributed by atoms with Crippen LogP contribution in [0.2, 0.25) is 0 Å². The molecule has 5 fully saturated rings. The second-order valence-corrected chi connectivity index (χ2v) is 11.5. The molecule has 0 aromatic heterocycles. The molecule has 4 atom stereocenters. The highest BCUT2D eigenvalue weighted by atomic mass is 16.5. The molecule has 5 heteroatoms. The van der Waals surface area contributed by atoms with Crippen molar-refractivity contribution in [2.24, 2.45) is 5.92 Å². The molecule has 3 saturated heterocycles. The van der Waals surface area contributed by atoms with Gasteiger partial charge in [0, 0.05) is 23.6 Å². The largest absolute Gasteiger partial charge is 0.497 e. The number of hydrogen-bond acceptors (Lipinski definition) is 4. The van der Waals surface area contributed by atoms with Crippen LogP contribution in [-0.4, -0.2) is 54.8 Å². The van der Waals surface area contributed by atoms with Gasteiger partial charge in [0.2, 0.25) is 0 Å². The van der Waals surface area contributed by atoms with Gasteiger partial charge in [0.15, 0.2) is 0 Å². The van der Waals surface area contributed by atoms with Gasteiger partial charge in [-0.3, -0.25) is 9.69 Å². The molecule has 6 aliphatic rings. The van der Waals surface area contributed by atoms with Crippen LogP contribution in [0.4, 0.5) is 0 Å². The number of rotatable bonds is 5. The lowest BCUT2D eigenvalue weighted by atomic mass is 9.45. The van der Waals surface area contributed by atoms with Gasteiger partial charge >= 0.3 is 0 Å². The molecule has 4 bridgehead atoms.